The Morgan fingerprint density at radius 1 is 1.50 bits per heavy atom. The fraction of sp³-hybridized carbons (Fsp3) is 0.909. The Morgan fingerprint density at radius 2 is 2.07 bits per heavy atom. The molecule has 0 aliphatic carbocycles. The van der Waals surface area contributed by atoms with Gasteiger partial charge in [-0.05, 0) is 25.8 Å². The quantitative estimate of drug-likeness (QED) is 0.668. The third-order valence-electron chi connectivity index (χ3n) is 2.22. The minimum Gasteiger partial charge on any atom is -0.469 e. The molecule has 0 aliphatic heterocycles. The van der Waals surface area contributed by atoms with Gasteiger partial charge < -0.3 is 10.1 Å². The maximum atomic E-state index is 11.2. The molecule has 0 heterocycles. The SMILES string of the molecule is CCNC(C)(CC(=O)OC)CC(C)C. The number of carbonyl (C=O) groups excluding carboxylic acids is 1. The van der Waals surface area contributed by atoms with Crippen LogP contribution >= 0.6 is 0 Å². The highest BCUT2D eigenvalue weighted by atomic mass is 16.5. The summed E-state index contributed by atoms with van der Waals surface area (Å²) < 4.78 is 4.69. The summed E-state index contributed by atoms with van der Waals surface area (Å²) in [6.45, 7) is 9.32. The van der Waals surface area contributed by atoms with Gasteiger partial charge in [0.15, 0.2) is 0 Å². The average molecular weight is 201 g/mol. The number of nitrogens with one attached hydrogen (secondary N) is 1. The number of ether oxygens (including phenoxy) is 1. The molecular weight excluding hydrogens is 178 g/mol. The summed E-state index contributed by atoms with van der Waals surface area (Å²) in [5.74, 6) is 0.429. The van der Waals surface area contributed by atoms with Crippen LogP contribution in [-0.4, -0.2) is 25.2 Å². The Kier molecular flexibility index (Phi) is 5.77. The monoisotopic (exact) mass is 201 g/mol. The van der Waals surface area contributed by atoms with Gasteiger partial charge in [0.25, 0.3) is 0 Å². The van der Waals surface area contributed by atoms with Crippen molar-refractivity contribution in [3.63, 3.8) is 0 Å². The number of esters is 1. The van der Waals surface area contributed by atoms with E-state index in [-0.39, 0.29) is 11.5 Å². The number of carbonyl (C=O) groups is 1. The molecule has 1 unspecified atom stereocenters. The predicted molar refractivity (Wildman–Crippen MR) is 58.2 cm³/mol. The lowest BCUT2D eigenvalue weighted by Crippen LogP contribution is -2.45. The molecule has 84 valence electrons. The van der Waals surface area contributed by atoms with Gasteiger partial charge in [0.1, 0.15) is 0 Å². The van der Waals surface area contributed by atoms with E-state index < -0.39 is 0 Å². The van der Waals surface area contributed by atoms with Crippen LogP contribution in [0.25, 0.3) is 0 Å². The third kappa shape index (κ3) is 5.22. The summed E-state index contributed by atoms with van der Waals surface area (Å²) in [7, 11) is 1.43. The van der Waals surface area contributed by atoms with Crippen molar-refractivity contribution in [3.05, 3.63) is 0 Å². The minimum absolute atomic E-state index is 0.129. The Labute approximate surface area is 87.2 Å². The summed E-state index contributed by atoms with van der Waals surface area (Å²) in [6, 6.07) is 0. The summed E-state index contributed by atoms with van der Waals surface area (Å²) in [5, 5.41) is 3.35. The van der Waals surface area contributed by atoms with Crippen molar-refractivity contribution in [1.29, 1.82) is 0 Å². The molecule has 0 aromatic carbocycles. The number of hydrogen-bond donors (Lipinski definition) is 1. The fourth-order valence-corrected chi connectivity index (χ4v) is 1.93. The van der Waals surface area contributed by atoms with Gasteiger partial charge in [-0.15, -0.1) is 0 Å². The van der Waals surface area contributed by atoms with E-state index in [0.29, 0.717) is 12.3 Å². The molecule has 14 heavy (non-hydrogen) atoms. The number of methoxy groups -OCH3 is 1. The molecule has 0 fully saturated rings. The van der Waals surface area contributed by atoms with Crippen LogP contribution < -0.4 is 5.32 Å². The Hall–Kier alpha value is -0.570. The molecule has 0 aromatic rings. The van der Waals surface area contributed by atoms with E-state index in [2.05, 4.69) is 33.0 Å². The van der Waals surface area contributed by atoms with Gasteiger partial charge in [0, 0.05) is 5.54 Å². The van der Waals surface area contributed by atoms with E-state index in [1.165, 1.54) is 7.11 Å². The topological polar surface area (TPSA) is 38.3 Å². The molecule has 0 saturated carbocycles. The van der Waals surface area contributed by atoms with Crippen molar-refractivity contribution in [1.82, 2.24) is 5.32 Å². The zero-order valence-electron chi connectivity index (χ0n) is 10.0. The highest BCUT2D eigenvalue weighted by Gasteiger charge is 2.27. The molecule has 0 aliphatic rings. The van der Waals surface area contributed by atoms with Gasteiger partial charge in [-0.25, -0.2) is 0 Å². The first-order chi connectivity index (χ1) is 6.43. The zero-order chi connectivity index (χ0) is 11.2. The van der Waals surface area contributed by atoms with Crippen LogP contribution in [0.4, 0.5) is 0 Å². The first kappa shape index (κ1) is 13.4. The zero-order valence-corrected chi connectivity index (χ0v) is 10.0. The van der Waals surface area contributed by atoms with Crippen molar-refractivity contribution in [3.8, 4) is 0 Å². The minimum atomic E-state index is -0.144. The summed E-state index contributed by atoms with van der Waals surface area (Å²) in [6.07, 6.45) is 1.42. The highest BCUT2D eigenvalue weighted by molar-refractivity contribution is 5.70. The molecular formula is C11H23NO2. The molecule has 1 N–H and O–H groups in total. The second kappa shape index (κ2) is 6.02. The summed E-state index contributed by atoms with van der Waals surface area (Å²) in [4.78, 5) is 11.2. The predicted octanol–water partition coefficient (Wildman–Crippen LogP) is 1.96. The van der Waals surface area contributed by atoms with E-state index in [0.717, 1.165) is 13.0 Å². The maximum absolute atomic E-state index is 11.2. The lowest BCUT2D eigenvalue weighted by atomic mass is 9.87. The van der Waals surface area contributed by atoms with Crippen LogP contribution in [-0.2, 0) is 9.53 Å². The van der Waals surface area contributed by atoms with E-state index in [1.807, 2.05) is 0 Å². The van der Waals surface area contributed by atoms with E-state index in [9.17, 15) is 4.79 Å². The van der Waals surface area contributed by atoms with Crippen LogP contribution in [0.5, 0.6) is 0 Å². The second-order valence-corrected chi connectivity index (χ2v) is 4.44. The van der Waals surface area contributed by atoms with E-state index >= 15 is 0 Å². The van der Waals surface area contributed by atoms with Crippen LogP contribution in [0.2, 0.25) is 0 Å². The Bertz CT molecular complexity index is 180. The normalized spacial score (nSPS) is 15.3. The van der Waals surface area contributed by atoms with Crippen molar-refractivity contribution in [2.45, 2.75) is 46.1 Å². The van der Waals surface area contributed by atoms with Gasteiger partial charge >= 0.3 is 5.97 Å². The first-order valence-corrected chi connectivity index (χ1v) is 5.25. The summed E-state index contributed by atoms with van der Waals surface area (Å²) in [5.41, 5.74) is -0.129. The van der Waals surface area contributed by atoms with Crippen molar-refractivity contribution in [2.24, 2.45) is 5.92 Å². The van der Waals surface area contributed by atoms with Crippen LogP contribution in [0.15, 0.2) is 0 Å². The molecule has 1 atom stereocenters. The maximum Gasteiger partial charge on any atom is 0.307 e. The Balaban J connectivity index is 4.29. The van der Waals surface area contributed by atoms with Gasteiger partial charge in [-0.3, -0.25) is 4.79 Å². The molecule has 0 rings (SSSR count). The highest BCUT2D eigenvalue weighted by Crippen LogP contribution is 2.20. The van der Waals surface area contributed by atoms with Crippen LogP contribution in [0.1, 0.15) is 40.5 Å². The van der Waals surface area contributed by atoms with Gasteiger partial charge in [-0.1, -0.05) is 20.8 Å². The third-order valence-corrected chi connectivity index (χ3v) is 2.22. The number of hydrogen-bond acceptors (Lipinski definition) is 3. The van der Waals surface area contributed by atoms with Crippen LogP contribution in [0.3, 0.4) is 0 Å². The largest absolute Gasteiger partial charge is 0.469 e. The lowest BCUT2D eigenvalue weighted by molar-refractivity contribution is -0.142. The van der Waals surface area contributed by atoms with Crippen molar-refractivity contribution < 1.29 is 9.53 Å². The molecule has 0 amide bonds. The molecule has 0 radical (unpaired) electrons. The van der Waals surface area contributed by atoms with Crippen molar-refractivity contribution >= 4 is 5.97 Å². The van der Waals surface area contributed by atoms with Gasteiger partial charge in [-0.2, -0.15) is 0 Å². The standard InChI is InChI=1S/C11H23NO2/c1-6-12-11(4,7-9(2)3)8-10(13)14-5/h9,12H,6-8H2,1-5H3. The fourth-order valence-electron chi connectivity index (χ4n) is 1.93. The molecule has 0 saturated heterocycles. The van der Waals surface area contributed by atoms with Crippen LogP contribution in [0, 0.1) is 5.92 Å². The van der Waals surface area contributed by atoms with Crippen molar-refractivity contribution in [2.75, 3.05) is 13.7 Å². The average Bonchev–Trinajstić information content (AvgIpc) is 2.02. The Morgan fingerprint density at radius 3 is 2.43 bits per heavy atom. The molecule has 3 heteroatoms. The van der Waals surface area contributed by atoms with Gasteiger partial charge in [0.05, 0.1) is 13.5 Å². The summed E-state index contributed by atoms with van der Waals surface area (Å²) >= 11 is 0. The lowest BCUT2D eigenvalue weighted by Gasteiger charge is -2.31. The van der Waals surface area contributed by atoms with Gasteiger partial charge in [0.2, 0.25) is 0 Å². The molecule has 0 aromatic heterocycles. The first-order valence-electron chi connectivity index (χ1n) is 5.25. The number of rotatable bonds is 6. The smallest absolute Gasteiger partial charge is 0.307 e. The van der Waals surface area contributed by atoms with E-state index in [1.54, 1.807) is 0 Å². The second-order valence-electron chi connectivity index (χ2n) is 4.44. The molecule has 0 bridgehead atoms. The molecule has 0 spiro atoms. The van der Waals surface area contributed by atoms with E-state index in [4.69, 9.17) is 4.74 Å². The molecule has 3 nitrogen and oxygen atoms in total.